The molecule has 76 valence electrons. The fraction of sp³-hybridized carbons (Fsp3) is 0.200. The van der Waals surface area contributed by atoms with Crippen LogP contribution in [0, 0.1) is 11.6 Å². The first-order valence-electron chi connectivity index (χ1n) is 4.02. The van der Waals surface area contributed by atoms with Gasteiger partial charge in [0.2, 0.25) is 0 Å². The maximum absolute atomic E-state index is 13.0. The summed E-state index contributed by atoms with van der Waals surface area (Å²) in [7, 11) is 0. The van der Waals surface area contributed by atoms with Crippen LogP contribution < -0.4 is 0 Å². The highest BCUT2D eigenvalue weighted by molar-refractivity contribution is 9.10. The Hall–Kier alpha value is -0.220. The van der Waals surface area contributed by atoms with Crippen LogP contribution in [0.5, 0.6) is 0 Å². The molecule has 0 atom stereocenters. The van der Waals surface area contributed by atoms with Gasteiger partial charge in [0, 0.05) is 5.33 Å². The Bertz CT molecular complexity index is 325. The zero-order valence-electron chi connectivity index (χ0n) is 7.24. The first kappa shape index (κ1) is 11.9. The Morgan fingerprint density at radius 2 is 1.79 bits per heavy atom. The second-order valence-electron chi connectivity index (χ2n) is 2.68. The van der Waals surface area contributed by atoms with Gasteiger partial charge in [-0.3, -0.25) is 0 Å². The van der Waals surface area contributed by atoms with E-state index in [2.05, 4.69) is 31.9 Å². The second-order valence-corrected chi connectivity index (χ2v) is 4.26. The van der Waals surface area contributed by atoms with Gasteiger partial charge in [0.25, 0.3) is 0 Å². The maximum atomic E-state index is 13.0. The van der Waals surface area contributed by atoms with Gasteiger partial charge in [0.1, 0.15) is 11.6 Å². The van der Waals surface area contributed by atoms with Crippen LogP contribution in [0.25, 0.3) is 6.08 Å². The van der Waals surface area contributed by atoms with Crippen LogP contribution in [0.15, 0.2) is 22.7 Å². The molecule has 0 aliphatic rings. The van der Waals surface area contributed by atoms with Gasteiger partial charge in [0.05, 0.1) is 4.47 Å². The van der Waals surface area contributed by atoms with Crippen molar-refractivity contribution in [3.05, 3.63) is 39.9 Å². The summed E-state index contributed by atoms with van der Waals surface area (Å²) in [5, 5.41) is 0.838. The standard InChI is InChI=1S/C10H8Br2F2/c11-4-2-1-3-7-5-8(13)10(12)9(14)6-7/h1,3,5-6H,2,4H2. The monoisotopic (exact) mass is 324 g/mol. The van der Waals surface area contributed by atoms with E-state index in [0.29, 0.717) is 5.56 Å². The number of rotatable bonds is 3. The van der Waals surface area contributed by atoms with Gasteiger partial charge in [-0.2, -0.15) is 0 Å². The zero-order chi connectivity index (χ0) is 10.6. The molecule has 0 unspecified atom stereocenters. The van der Waals surface area contributed by atoms with Crippen molar-refractivity contribution in [3.63, 3.8) is 0 Å². The van der Waals surface area contributed by atoms with Crippen molar-refractivity contribution >= 4 is 37.9 Å². The largest absolute Gasteiger partial charge is 0.206 e. The van der Waals surface area contributed by atoms with Crippen molar-refractivity contribution in [2.75, 3.05) is 5.33 Å². The molecule has 0 aliphatic carbocycles. The minimum absolute atomic E-state index is 0.116. The van der Waals surface area contributed by atoms with Crippen LogP contribution in [0.4, 0.5) is 8.78 Å². The van der Waals surface area contributed by atoms with E-state index in [1.165, 1.54) is 12.1 Å². The Balaban J connectivity index is 2.89. The predicted octanol–water partition coefficient (Wildman–Crippen LogP) is 4.53. The topological polar surface area (TPSA) is 0 Å². The number of alkyl halides is 1. The molecule has 1 aromatic carbocycles. The van der Waals surface area contributed by atoms with Crippen LogP contribution in [0.3, 0.4) is 0 Å². The second kappa shape index (κ2) is 5.61. The van der Waals surface area contributed by atoms with E-state index in [4.69, 9.17) is 0 Å². The molecule has 0 heterocycles. The van der Waals surface area contributed by atoms with Crippen molar-refractivity contribution in [1.29, 1.82) is 0 Å². The quantitative estimate of drug-likeness (QED) is 0.566. The van der Waals surface area contributed by atoms with E-state index in [9.17, 15) is 8.78 Å². The van der Waals surface area contributed by atoms with Crippen LogP contribution in [-0.4, -0.2) is 5.33 Å². The third-order valence-corrected chi connectivity index (χ3v) is 2.81. The van der Waals surface area contributed by atoms with Crippen molar-refractivity contribution in [2.24, 2.45) is 0 Å². The first-order valence-corrected chi connectivity index (χ1v) is 5.93. The van der Waals surface area contributed by atoms with Crippen LogP contribution >= 0.6 is 31.9 Å². The summed E-state index contributed by atoms with van der Waals surface area (Å²) < 4.78 is 25.9. The number of hydrogen-bond acceptors (Lipinski definition) is 0. The summed E-state index contributed by atoms with van der Waals surface area (Å²) in [6.07, 6.45) is 4.38. The normalized spacial score (nSPS) is 11.1. The van der Waals surface area contributed by atoms with Gasteiger partial charge in [-0.05, 0) is 40.0 Å². The smallest absolute Gasteiger partial charge is 0.140 e. The molecule has 0 radical (unpaired) electrons. The van der Waals surface area contributed by atoms with Crippen molar-refractivity contribution in [1.82, 2.24) is 0 Å². The van der Waals surface area contributed by atoms with Gasteiger partial charge in [-0.25, -0.2) is 8.78 Å². The molecule has 0 aromatic heterocycles. The molecule has 1 aromatic rings. The molecule has 0 nitrogen and oxygen atoms in total. The lowest BCUT2D eigenvalue weighted by molar-refractivity contribution is 0.571. The Kier molecular flexibility index (Phi) is 4.75. The lowest BCUT2D eigenvalue weighted by Gasteiger charge is -1.99. The molecule has 0 saturated carbocycles. The SMILES string of the molecule is Fc1cc(C=CCCBr)cc(F)c1Br. The summed E-state index contributed by atoms with van der Waals surface area (Å²) in [5.41, 5.74) is 0.532. The maximum Gasteiger partial charge on any atom is 0.140 e. The molecule has 0 saturated heterocycles. The van der Waals surface area contributed by atoms with Crippen molar-refractivity contribution in [2.45, 2.75) is 6.42 Å². The Morgan fingerprint density at radius 3 is 2.29 bits per heavy atom. The van der Waals surface area contributed by atoms with E-state index in [-0.39, 0.29) is 4.47 Å². The van der Waals surface area contributed by atoms with E-state index in [1.54, 1.807) is 6.08 Å². The number of halogens is 4. The predicted molar refractivity (Wildman–Crippen MR) is 61.5 cm³/mol. The average molecular weight is 326 g/mol. The minimum Gasteiger partial charge on any atom is -0.206 e. The highest BCUT2D eigenvalue weighted by Crippen LogP contribution is 2.21. The molecular formula is C10H8Br2F2. The fourth-order valence-corrected chi connectivity index (χ4v) is 1.45. The lowest BCUT2D eigenvalue weighted by Crippen LogP contribution is -1.86. The zero-order valence-corrected chi connectivity index (χ0v) is 10.4. The third-order valence-electron chi connectivity index (χ3n) is 1.59. The molecular weight excluding hydrogens is 318 g/mol. The third kappa shape index (κ3) is 3.17. The van der Waals surface area contributed by atoms with Gasteiger partial charge in [-0.1, -0.05) is 28.1 Å². The van der Waals surface area contributed by atoms with E-state index in [0.717, 1.165) is 11.8 Å². The molecule has 0 fully saturated rings. The molecule has 0 spiro atoms. The fourth-order valence-electron chi connectivity index (χ4n) is 0.954. The van der Waals surface area contributed by atoms with E-state index in [1.807, 2.05) is 6.08 Å². The highest BCUT2D eigenvalue weighted by Gasteiger charge is 2.06. The summed E-state index contributed by atoms with van der Waals surface area (Å²) in [6.45, 7) is 0. The molecule has 0 aliphatic heterocycles. The molecule has 4 heteroatoms. The Morgan fingerprint density at radius 1 is 1.21 bits per heavy atom. The summed E-state index contributed by atoms with van der Waals surface area (Å²) >= 11 is 6.07. The van der Waals surface area contributed by atoms with Crippen LogP contribution in [0.2, 0.25) is 0 Å². The first-order chi connectivity index (χ1) is 6.65. The minimum atomic E-state index is -0.580. The molecule has 0 bridgehead atoms. The van der Waals surface area contributed by atoms with Crippen LogP contribution in [0.1, 0.15) is 12.0 Å². The average Bonchev–Trinajstić information content (AvgIpc) is 2.14. The lowest BCUT2D eigenvalue weighted by atomic mass is 10.2. The Labute approximate surface area is 98.3 Å². The summed E-state index contributed by atoms with van der Waals surface area (Å²) in [4.78, 5) is 0. The summed E-state index contributed by atoms with van der Waals surface area (Å²) in [6, 6.07) is 2.58. The van der Waals surface area contributed by atoms with Gasteiger partial charge in [0.15, 0.2) is 0 Å². The molecule has 1 rings (SSSR count). The molecule has 14 heavy (non-hydrogen) atoms. The van der Waals surface area contributed by atoms with Gasteiger partial charge in [-0.15, -0.1) is 0 Å². The van der Waals surface area contributed by atoms with Crippen molar-refractivity contribution < 1.29 is 8.78 Å². The van der Waals surface area contributed by atoms with Gasteiger partial charge < -0.3 is 0 Å². The summed E-state index contributed by atoms with van der Waals surface area (Å²) in [5.74, 6) is -1.16. The van der Waals surface area contributed by atoms with Crippen molar-refractivity contribution in [3.8, 4) is 0 Å². The molecule has 0 N–H and O–H groups in total. The van der Waals surface area contributed by atoms with Gasteiger partial charge >= 0.3 is 0 Å². The van der Waals surface area contributed by atoms with E-state index < -0.39 is 11.6 Å². The number of hydrogen-bond donors (Lipinski definition) is 0. The molecule has 0 amide bonds. The number of allylic oxidation sites excluding steroid dienone is 1. The highest BCUT2D eigenvalue weighted by atomic mass is 79.9. The van der Waals surface area contributed by atoms with Crippen LogP contribution in [-0.2, 0) is 0 Å². The van der Waals surface area contributed by atoms with E-state index >= 15 is 0 Å². The number of benzene rings is 1.